The monoisotopic (exact) mass is 195 g/mol. The molecule has 0 radical (unpaired) electrons. The fourth-order valence-corrected chi connectivity index (χ4v) is 1.41. The molecule has 3 N–H and O–H groups in total. The maximum absolute atomic E-state index is 9.83. The van der Waals surface area contributed by atoms with Crippen LogP contribution in [0.15, 0.2) is 24.3 Å². The third-order valence-corrected chi connectivity index (χ3v) is 2.18. The van der Waals surface area contributed by atoms with Crippen LogP contribution >= 0.6 is 0 Å². The summed E-state index contributed by atoms with van der Waals surface area (Å²) in [6.07, 6.45) is 1.02. The van der Waals surface area contributed by atoms with Crippen molar-refractivity contribution in [2.45, 2.75) is 18.9 Å². The van der Waals surface area contributed by atoms with Crippen molar-refractivity contribution < 1.29 is 9.84 Å². The van der Waals surface area contributed by atoms with Crippen LogP contribution in [0, 0.1) is 0 Å². The van der Waals surface area contributed by atoms with E-state index in [0.29, 0.717) is 13.0 Å². The first-order valence-electron chi connectivity index (χ1n) is 4.80. The molecule has 1 unspecified atom stereocenters. The van der Waals surface area contributed by atoms with E-state index in [1.54, 1.807) is 7.11 Å². The minimum Gasteiger partial charge on any atom is -0.496 e. The molecule has 0 fully saturated rings. The maximum Gasteiger partial charge on any atom is 0.124 e. The van der Waals surface area contributed by atoms with Gasteiger partial charge in [-0.05, 0) is 25.5 Å². The van der Waals surface area contributed by atoms with Crippen molar-refractivity contribution in [3.8, 4) is 5.75 Å². The first-order chi connectivity index (χ1) is 6.79. The van der Waals surface area contributed by atoms with Crippen LogP contribution in [0.3, 0.4) is 0 Å². The van der Waals surface area contributed by atoms with Crippen LogP contribution < -0.4 is 10.5 Å². The molecule has 1 aromatic carbocycles. The van der Waals surface area contributed by atoms with Crippen molar-refractivity contribution >= 4 is 0 Å². The highest BCUT2D eigenvalue weighted by Gasteiger charge is 2.11. The molecule has 0 bridgehead atoms. The molecule has 3 nitrogen and oxygen atoms in total. The average molecular weight is 195 g/mol. The number of ether oxygens (including phenoxy) is 1. The van der Waals surface area contributed by atoms with Crippen LogP contribution in [0.2, 0.25) is 0 Å². The molecule has 0 aliphatic heterocycles. The molecule has 0 aliphatic carbocycles. The number of aliphatic hydroxyl groups is 1. The summed E-state index contributed by atoms with van der Waals surface area (Å²) in [6, 6.07) is 7.50. The van der Waals surface area contributed by atoms with Crippen molar-refractivity contribution in [3.05, 3.63) is 29.8 Å². The molecule has 14 heavy (non-hydrogen) atoms. The summed E-state index contributed by atoms with van der Waals surface area (Å²) in [4.78, 5) is 0. The highest BCUT2D eigenvalue weighted by Crippen LogP contribution is 2.27. The van der Waals surface area contributed by atoms with E-state index in [1.807, 2.05) is 24.3 Å². The Kier molecular flexibility index (Phi) is 4.43. The third-order valence-electron chi connectivity index (χ3n) is 2.18. The van der Waals surface area contributed by atoms with Crippen molar-refractivity contribution in [1.82, 2.24) is 0 Å². The van der Waals surface area contributed by atoms with E-state index in [0.717, 1.165) is 17.7 Å². The Labute approximate surface area is 84.5 Å². The normalized spacial score (nSPS) is 12.5. The zero-order valence-electron chi connectivity index (χ0n) is 8.44. The highest BCUT2D eigenvalue weighted by atomic mass is 16.5. The lowest BCUT2D eigenvalue weighted by molar-refractivity contribution is 0.161. The maximum atomic E-state index is 9.83. The van der Waals surface area contributed by atoms with E-state index in [1.165, 1.54) is 0 Å². The Balaban J connectivity index is 2.72. The SMILES string of the molecule is COc1ccccc1C(O)CCCN. The first kappa shape index (κ1) is 11.0. The van der Waals surface area contributed by atoms with E-state index in [2.05, 4.69) is 0 Å². The van der Waals surface area contributed by atoms with Gasteiger partial charge in [-0.3, -0.25) is 0 Å². The summed E-state index contributed by atoms with van der Waals surface area (Å²) >= 11 is 0. The van der Waals surface area contributed by atoms with Gasteiger partial charge >= 0.3 is 0 Å². The van der Waals surface area contributed by atoms with Crippen molar-refractivity contribution in [3.63, 3.8) is 0 Å². The van der Waals surface area contributed by atoms with Gasteiger partial charge in [0, 0.05) is 5.56 Å². The number of para-hydroxylation sites is 1. The number of rotatable bonds is 5. The molecule has 1 aromatic rings. The summed E-state index contributed by atoms with van der Waals surface area (Å²) < 4.78 is 5.16. The fourth-order valence-electron chi connectivity index (χ4n) is 1.41. The summed E-state index contributed by atoms with van der Waals surface area (Å²) in [7, 11) is 1.61. The van der Waals surface area contributed by atoms with E-state index < -0.39 is 6.10 Å². The first-order valence-corrected chi connectivity index (χ1v) is 4.80. The van der Waals surface area contributed by atoms with Gasteiger partial charge in [0.1, 0.15) is 5.75 Å². The predicted molar refractivity (Wildman–Crippen MR) is 56.2 cm³/mol. The van der Waals surface area contributed by atoms with Gasteiger partial charge in [0.2, 0.25) is 0 Å². The van der Waals surface area contributed by atoms with Crippen LogP contribution in [0.4, 0.5) is 0 Å². The molecular weight excluding hydrogens is 178 g/mol. The van der Waals surface area contributed by atoms with E-state index >= 15 is 0 Å². The molecule has 1 atom stereocenters. The van der Waals surface area contributed by atoms with Crippen LogP contribution in [0.1, 0.15) is 24.5 Å². The second kappa shape index (κ2) is 5.62. The molecule has 0 amide bonds. The quantitative estimate of drug-likeness (QED) is 0.748. The van der Waals surface area contributed by atoms with E-state index in [4.69, 9.17) is 10.5 Å². The zero-order chi connectivity index (χ0) is 10.4. The number of methoxy groups -OCH3 is 1. The summed E-state index contributed by atoms with van der Waals surface area (Å²) in [5.74, 6) is 0.733. The summed E-state index contributed by atoms with van der Waals surface area (Å²) in [5.41, 5.74) is 6.22. The standard InChI is InChI=1S/C11H17NO2/c1-14-11-7-3-2-5-9(11)10(13)6-4-8-12/h2-3,5,7,10,13H,4,6,8,12H2,1H3. The molecule has 0 heterocycles. The van der Waals surface area contributed by atoms with Gasteiger partial charge in [0.25, 0.3) is 0 Å². The van der Waals surface area contributed by atoms with Gasteiger partial charge in [-0.25, -0.2) is 0 Å². The van der Waals surface area contributed by atoms with Gasteiger partial charge in [-0.15, -0.1) is 0 Å². The van der Waals surface area contributed by atoms with Gasteiger partial charge in [0.15, 0.2) is 0 Å². The second-order valence-corrected chi connectivity index (χ2v) is 3.19. The Morgan fingerprint density at radius 3 is 2.79 bits per heavy atom. The Morgan fingerprint density at radius 1 is 1.43 bits per heavy atom. The molecular formula is C11H17NO2. The van der Waals surface area contributed by atoms with Crippen molar-refractivity contribution in [1.29, 1.82) is 0 Å². The van der Waals surface area contributed by atoms with Gasteiger partial charge in [0.05, 0.1) is 13.2 Å². The smallest absolute Gasteiger partial charge is 0.124 e. The van der Waals surface area contributed by atoms with Gasteiger partial charge in [-0.2, -0.15) is 0 Å². The summed E-state index contributed by atoms with van der Waals surface area (Å²) in [6.45, 7) is 0.603. The third kappa shape index (κ3) is 2.72. The van der Waals surface area contributed by atoms with Gasteiger partial charge in [-0.1, -0.05) is 18.2 Å². The Bertz CT molecular complexity index is 276. The number of nitrogens with two attached hydrogens (primary N) is 1. The largest absolute Gasteiger partial charge is 0.496 e. The Morgan fingerprint density at radius 2 is 2.14 bits per heavy atom. The molecule has 1 rings (SSSR count). The molecule has 3 heteroatoms. The van der Waals surface area contributed by atoms with Crippen LogP contribution in [0.5, 0.6) is 5.75 Å². The number of hydrogen-bond donors (Lipinski definition) is 2. The van der Waals surface area contributed by atoms with Crippen LogP contribution in [0.25, 0.3) is 0 Å². The predicted octanol–water partition coefficient (Wildman–Crippen LogP) is 1.47. The van der Waals surface area contributed by atoms with Crippen molar-refractivity contribution in [2.75, 3.05) is 13.7 Å². The second-order valence-electron chi connectivity index (χ2n) is 3.19. The fraction of sp³-hybridized carbons (Fsp3) is 0.455. The van der Waals surface area contributed by atoms with Crippen LogP contribution in [-0.4, -0.2) is 18.8 Å². The van der Waals surface area contributed by atoms with Crippen LogP contribution in [-0.2, 0) is 0 Å². The molecule has 0 spiro atoms. The molecule has 78 valence electrons. The van der Waals surface area contributed by atoms with Gasteiger partial charge < -0.3 is 15.6 Å². The minimum atomic E-state index is -0.477. The Hall–Kier alpha value is -1.06. The molecule has 0 aromatic heterocycles. The van der Waals surface area contributed by atoms with E-state index in [9.17, 15) is 5.11 Å². The minimum absolute atomic E-state index is 0.477. The molecule has 0 saturated carbocycles. The lowest BCUT2D eigenvalue weighted by atomic mass is 10.0. The molecule has 0 saturated heterocycles. The average Bonchev–Trinajstić information content (AvgIpc) is 2.25. The lowest BCUT2D eigenvalue weighted by Gasteiger charge is -2.13. The highest BCUT2D eigenvalue weighted by molar-refractivity contribution is 5.34. The van der Waals surface area contributed by atoms with E-state index in [-0.39, 0.29) is 0 Å². The topological polar surface area (TPSA) is 55.5 Å². The molecule has 0 aliphatic rings. The number of aliphatic hydroxyl groups excluding tert-OH is 1. The van der Waals surface area contributed by atoms with Crippen molar-refractivity contribution in [2.24, 2.45) is 5.73 Å². The number of benzene rings is 1. The zero-order valence-corrected chi connectivity index (χ0v) is 8.44. The lowest BCUT2D eigenvalue weighted by Crippen LogP contribution is -2.05. The summed E-state index contributed by atoms with van der Waals surface area (Å²) in [5, 5.41) is 9.83. The number of hydrogen-bond acceptors (Lipinski definition) is 3.